The molecule has 0 saturated heterocycles. The minimum atomic E-state index is -3.48. The fourth-order valence-corrected chi connectivity index (χ4v) is 3.13. The average molecular weight is 396 g/mol. The zero-order chi connectivity index (χ0) is 20.2. The monoisotopic (exact) mass is 396 g/mol. The van der Waals surface area contributed by atoms with E-state index in [0.29, 0.717) is 0 Å². The third-order valence-corrected chi connectivity index (χ3v) is 4.82. The number of urea groups is 1. The highest BCUT2D eigenvalue weighted by Crippen LogP contribution is 2.16. The van der Waals surface area contributed by atoms with Crippen LogP contribution >= 0.6 is 0 Å². The lowest BCUT2D eigenvalue weighted by atomic mass is 10.0. The predicted octanol–water partition coefficient (Wildman–Crippen LogP) is 0.765. The number of amides is 2. The Kier molecular flexibility index (Phi) is 6.21. The van der Waals surface area contributed by atoms with Crippen LogP contribution in [0.3, 0.4) is 0 Å². The molecule has 1 heterocycles. The molecule has 0 saturated carbocycles. The van der Waals surface area contributed by atoms with Crippen molar-refractivity contribution in [3.05, 3.63) is 41.1 Å². The highest BCUT2D eigenvalue weighted by Gasteiger charge is 2.30. The average Bonchev–Trinajstić information content (AvgIpc) is 2.58. The van der Waals surface area contributed by atoms with E-state index in [2.05, 4.69) is 10.6 Å². The Morgan fingerprint density at radius 3 is 2.52 bits per heavy atom. The van der Waals surface area contributed by atoms with Gasteiger partial charge in [-0.25, -0.2) is 22.8 Å². The van der Waals surface area contributed by atoms with E-state index in [9.17, 15) is 22.8 Å². The molecule has 1 aliphatic rings. The molecule has 10 heteroatoms. The van der Waals surface area contributed by atoms with Crippen molar-refractivity contribution in [2.75, 3.05) is 19.5 Å². The maximum absolute atomic E-state index is 12.2. The van der Waals surface area contributed by atoms with Crippen molar-refractivity contribution in [3.8, 4) is 0 Å². The number of rotatable bonds is 6. The molecule has 9 nitrogen and oxygen atoms in total. The SMILES string of the molecule is CCOC(=O)C1=C(COC(=O)c2cccc(S(C)(=O)=O)c2)NC(=O)NC1C. The number of hydrogen-bond donors (Lipinski definition) is 2. The number of esters is 2. The summed E-state index contributed by atoms with van der Waals surface area (Å²) in [5, 5.41) is 4.96. The third-order valence-electron chi connectivity index (χ3n) is 3.71. The van der Waals surface area contributed by atoms with Crippen molar-refractivity contribution >= 4 is 27.8 Å². The minimum Gasteiger partial charge on any atom is -0.463 e. The van der Waals surface area contributed by atoms with E-state index in [1.807, 2.05) is 0 Å². The summed E-state index contributed by atoms with van der Waals surface area (Å²) in [7, 11) is -3.48. The van der Waals surface area contributed by atoms with Gasteiger partial charge in [0.1, 0.15) is 6.61 Å². The zero-order valence-corrected chi connectivity index (χ0v) is 15.9. The molecule has 2 amide bonds. The molecule has 27 heavy (non-hydrogen) atoms. The topological polar surface area (TPSA) is 128 Å². The van der Waals surface area contributed by atoms with Crippen LogP contribution in [0, 0.1) is 0 Å². The van der Waals surface area contributed by atoms with Crippen molar-refractivity contribution in [2.45, 2.75) is 24.8 Å². The Morgan fingerprint density at radius 1 is 1.19 bits per heavy atom. The molecule has 1 atom stereocenters. The normalized spacial score (nSPS) is 17.0. The fraction of sp³-hybridized carbons (Fsp3) is 0.353. The van der Waals surface area contributed by atoms with Gasteiger partial charge in [0, 0.05) is 6.26 Å². The molecule has 0 spiro atoms. The first-order valence-corrected chi connectivity index (χ1v) is 9.97. The number of benzene rings is 1. The molecule has 146 valence electrons. The molecule has 0 aliphatic carbocycles. The fourth-order valence-electron chi connectivity index (χ4n) is 2.47. The molecule has 1 aromatic carbocycles. The quantitative estimate of drug-likeness (QED) is 0.680. The second kappa shape index (κ2) is 8.21. The molecule has 0 aromatic heterocycles. The summed E-state index contributed by atoms with van der Waals surface area (Å²) in [4.78, 5) is 36.0. The number of carbonyl (C=O) groups excluding carboxylic acids is 3. The summed E-state index contributed by atoms with van der Waals surface area (Å²) in [5.74, 6) is -1.43. The van der Waals surface area contributed by atoms with Crippen molar-refractivity contribution in [2.24, 2.45) is 0 Å². The van der Waals surface area contributed by atoms with Crippen LogP contribution in [-0.2, 0) is 24.1 Å². The van der Waals surface area contributed by atoms with E-state index >= 15 is 0 Å². The largest absolute Gasteiger partial charge is 0.463 e. The molecule has 0 bridgehead atoms. The standard InChI is InChI=1S/C17H20N2O7S/c1-4-25-16(21)14-10(2)18-17(22)19-13(14)9-26-15(20)11-6-5-7-12(8-11)27(3,23)24/h5-8,10H,4,9H2,1-3H3,(H2,18,19,22). The zero-order valence-electron chi connectivity index (χ0n) is 15.1. The van der Waals surface area contributed by atoms with E-state index in [4.69, 9.17) is 9.47 Å². The van der Waals surface area contributed by atoms with Gasteiger partial charge in [0.05, 0.1) is 34.4 Å². The number of hydrogen-bond acceptors (Lipinski definition) is 7. The smallest absolute Gasteiger partial charge is 0.338 e. The van der Waals surface area contributed by atoms with Crippen LogP contribution < -0.4 is 10.6 Å². The van der Waals surface area contributed by atoms with Crippen LogP contribution in [0.1, 0.15) is 24.2 Å². The van der Waals surface area contributed by atoms with Gasteiger partial charge in [-0.2, -0.15) is 0 Å². The first-order chi connectivity index (χ1) is 12.6. The van der Waals surface area contributed by atoms with Gasteiger partial charge in [-0.05, 0) is 32.0 Å². The second-order valence-corrected chi connectivity index (χ2v) is 7.82. The number of nitrogens with one attached hydrogen (secondary N) is 2. The number of sulfone groups is 1. The highest BCUT2D eigenvalue weighted by molar-refractivity contribution is 7.90. The molecule has 2 N–H and O–H groups in total. The molecule has 0 radical (unpaired) electrons. The predicted molar refractivity (Wildman–Crippen MR) is 94.6 cm³/mol. The summed E-state index contributed by atoms with van der Waals surface area (Å²) >= 11 is 0. The molecular weight excluding hydrogens is 376 g/mol. The molecular formula is C17H20N2O7S. The van der Waals surface area contributed by atoms with Crippen LogP contribution in [0.4, 0.5) is 4.79 Å². The molecule has 0 fully saturated rings. The van der Waals surface area contributed by atoms with Gasteiger partial charge in [0.25, 0.3) is 0 Å². The number of carbonyl (C=O) groups is 3. The van der Waals surface area contributed by atoms with Gasteiger partial charge in [0.15, 0.2) is 9.84 Å². The van der Waals surface area contributed by atoms with E-state index in [1.165, 1.54) is 24.3 Å². The Morgan fingerprint density at radius 2 is 1.89 bits per heavy atom. The van der Waals surface area contributed by atoms with Crippen molar-refractivity contribution in [1.82, 2.24) is 10.6 Å². The highest BCUT2D eigenvalue weighted by atomic mass is 32.2. The van der Waals surface area contributed by atoms with Crippen molar-refractivity contribution < 1.29 is 32.3 Å². The summed E-state index contributed by atoms with van der Waals surface area (Å²) in [6.07, 6.45) is 1.03. The molecule has 2 rings (SSSR count). The first-order valence-electron chi connectivity index (χ1n) is 8.08. The Hall–Kier alpha value is -2.88. The number of ether oxygens (including phenoxy) is 2. The second-order valence-electron chi connectivity index (χ2n) is 5.81. The van der Waals surface area contributed by atoms with Gasteiger partial charge in [0.2, 0.25) is 0 Å². The lowest BCUT2D eigenvalue weighted by Gasteiger charge is -2.26. The summed E-state index contributed by atoms with van der Waals surface area (Å²) in [5.41, 5.74) is 0.288. The lowest BCUT2D eigenvalue weighted by molar-refractivity contribution is -0.139. The van der Waals surface area contributed by atoms with E-state index in [0.717, 1.165) is 6.26 Å². The van der Waals surface area contributed by atoms with Crippen LogP contribution in [-0.4, -0.2) is 51.9 Å². The third kappa shape index (κ3) is 5.07. The first kappa shape index (κ1) is 20.4. The van der Waals surface area contributed by atoms with Crippen LogP contribution in [0.5, 0.6) is 0 Å². The molecule has 1 unspecified atom stereocenters. The maximum Gasteiger partial charge on any atom is 0.338 e. The van der Waals surface area contributed by atoms with Crippen molar-refractivity contribution in [3.63, 3.8) is 0 Å². The van der Waals surface area contributed by atoms with Gasteiger partial charge >= 0.3 is 18.0 Å². The molecule has 1 aromatic rings. The Labute approximate surface area is 156 Å². The Bertz CT molecular complexity index is 906. The summed E-state index contributed by atoms with van der Waals surface area (Å²) < 4.78 is 33.3. The Balaban J connectivity index is 2.22. The van der Waals surface area contributed by atoms with Crippen LogP contribution in [0.15, 0.2) is 40.4 Å². The van der Waals surface area contributed by atoms with E-state index < -0.39 is 33.8 Å². The lowest BCUT2D eigenvalue weighted by Crippen LogP contribution is -2.50. The minimum absolute atomic E-state index is 0.0211. The van der Waals surface area contributed by atoms with Gasteiger partial charge in [-0.1, -0.05) is 6.07 Å². The van der Waals surface area contributed by atoms with Gasteiger partial charge in [-0.15, -0.1) is 0 Å². The van der Waals surface area contributed by atoms with Crippen molar-refractivity contribution in [1.29, 1.82) is 0 Å². The summed E-state index contributed by atoms with van der Waals surface area (Å²) in [6.45, 7) is 3.01. The van der Waals surface area contributed by atoms with Crippen LogP contribution in [0.25, 0.3) is 0 Å². The molecule has 1 aliphatic heterocycles. The van der Waals surface area contributed by atoms with Gasteiger partial charge < -0.3 is 20.1 Å². The van der Waals surface area contributed by atoms with Gasteiger partial charge in [-0.3, -0.25) is 0 Å². The van der Waals surface area contributed by atoms with E-state index in [1.54, 1.807) is 13.8 Å². The van der Waals surface area contributed by atoms with E-state index in [-0.39, 0.29) is 34.9 Å². The summed E-state index contributed by atoms with van der Waals surface area (Å²) in [6, 6.07) is 4.22. The maximum atomic E-state index is 12.2. The van der Waals surface area contributed by atoms with Crippen LogP contribution in [0.2, 0.25) is 0 Å².